The Morgan fingerprint density at radius 3 is 3.44 bits per heavy atom. The Labute approximate surface area is 52.3 Å². The number of nitrogens with one attached hydrogen (secondary N) is 1. The Balaban J connectivity index is 2.54. The molecule has 1 N–H and O–H groups in total. The first-order valence-corrected chi connectivity index (χ1v) is 2.87. The van der Waals surface area contributed by atoms with Crippen molar-refractivity contribution in [2.75, 3.05) is 11.9 Å². The summed E-state index contributed by atoms with van der Waals surface area (Å²) in [5, 5.41) is 10.6. The quantitative estimate of drug-likeness (QED) is 0.519. The largest absolute Gasteiger partial charge is 0.368 e. The summed E-state index contributed by atoms with van der Waals surface area (Å²) in [7, 11) is 0. The van der Waals surface area contributed by atoms with E-state index >= 15 is 0 Å². The van der Waals surface area contributed by atoms with Crippen LogP contribution in [0.15, 0.2) is 6.33 Å². The lowest BCUT2D eigenvalue weighted by molar-refractivity contribution is 0.911. The second-order valence-electron chi connectivity index (χ2n) is 1.93. The molecule has 0 atom stereocenters. The molecule has 2 heterocycles. The van der Waals surface area contributed by atoms with Crippen LogP contribution in [0.1, 0.15) is 5.69 Å². The summed E-state index contributed by atoms with van der Waals surface area (Å²) in [6.45, 7) is 0.945. The molecule has 0 saturated carbocycles. The maximum Gasteiger partial charge on any atom is 0.151 e. The maximum absolute atomic E-state index is 3.97. The molecule has 1 aliphatic heterocycles. The van der Waals surface area contributed by atoms with Gasteiger partial charge in [-0.15, -0.1) is 5.10 Å². The highest BCUT2D eigenvalue weighted by molar-refractivity contribution is 5.43. The molecular formula is C5H6N4. The number of hydrogen-bond acceptors (Lipinski definition) is 4. The first-order valence-electron chi connectivity index (χ1n) is 2.87. The molecule has 0 radical (unpaired) electrons. The second-order valence-corrected chi connectivity index (χ2v) is 1.93. The molecule has 4 nitrogen and oxygen atoms in total. The highest BCUT2D eigenvalue weighted by atomic mass is 15.2. The van der Waals surface area contributed by atoms with E-state index in [-0.39, 0.29) is 0 Å². The lowest BCUT2D eigenvalue weighted by atomic mass is 10.4. The van der Waals surface area contributed by atoms with Crippen molar-refractivity contribution >= 4 is 5.82 Å². The standard InChI is InChI=1S/C5H6N4/c1-2-6-5-4(1)9-8-3-7-5/h3H,1-2H2,(H,6,7,8). The molecule has 0 fully saturated rings. The van der Waals surface area contributed by atoms with Crippen LogP contribution in [0.2, 0.25) is 0 Å². The van der Waals surface area contributed by atoms with Gasteiger partial charge in [-0.1, -0.05) is 0 Å². The Bertz CT molecular complexity index is 199. The third-order valence-corrected chi connectivity index (χ3v) is 1.34. The summed E-state index contributed by atoms with van der Waals surface area (Å²) >= 11 is 0. The van der Waals surface area contributed by atoms with Crippen LogP contribution in [0.5, 0.6) is 0 Å². The molecular weight excluding hydrogens is 116 g/mol. The minimum Gasteiger partial charge on any atom is -0.368 e. The molecule has 0 aliphatic carbocycles. The van der Waals surface area contributed by atoms with Crippen molar-refractivity contribution in [3.8, 4) is 0 Å². The molecule has 0 saturated heterocycles. The topological polar surface area (TPSA) is 50.7 Å². The van der Waals surface area contributed by atoms with Crippen LogP contribution in [0, 0.1) is 0 Å². The minimum absolute atomic E-state index is 0.894. The second kappa shape index (κ2) is 1.65. The lowest BCUT2D eigenvalue weighted by Gasteiger charge is -1.91. The lowest BCUT2D eigenvalue weighted by Crippen LogP contribution is -1.93. The van der Waals surface area contributed by atoms with E-state index in [0.29, 0.717) is 0 Å². The van der Waals surface area contributed by atoms with Gasteiger partial charge in [-0.3, -0.25) is 0 Å². The van der Waals surface area contributed by atoms with Crippen LogP contribution in [0.3, 0.4) is 0 Å². The van der Waals surface area contributed by atoms with Crippen molar-refractivity contribution < 1.29 is 0 Å². The molecule has 9 heavy (non-hydrogen) atoms. The molecule has 1 aromatic rings. The number of aromatic nitrogens is 3. The zero-order valence-electron chi connectivity index (χ0n) is 4.83. The van der Waals surface area contributed by atoms with E-state index in [1.54, 1.807) is 0 Å². The average molecular weight is 122 g/mol. The molecule has 0 unspecified atom stereocenters. The SMILES string of the molecule is c1nnc2c(n1)NCC2. The van der Waals surface area contributed by atoms with E-state index in [1.807, 2.05) is 0 Å². The number of hydrogen-bond donors (Lipinski definition) is 1. The van der Waals surface area contributed by atoms with Crippen LogP contribution in [-0.4, -0.2) is 21.7 Å². The van der Waals surface area contributed by atoms with Gasteiger partial charge in [-0.2, -0.15) is 5.10 Å². The van der Waals surface area contributed by atoms with Gasteiger partial charge in [0.25, 0.3) is 0 Å². The fraction of sp³-hybridized carbons (Fsp3) is 0.400. The van der Waals surface area contributed by atoms with Crippen LogP contribution < -0.4 is 5.32 Å². The van der Waals surface area contributed by atoms with Gasteiger partial charge in [0, 0.05) is 13.0 Å². The zero-order valence-corrected chi connectivity index (χ0v) is 4.83. The normalized spacial score (nSPS) is 14.7. The Morgan fingerprint density at radius 1 is 1.56 bits per heavy atom. The molecule has 1 aromatic heterocycles. The first-order chi connectivity index (χ1) is 4.47. The number of fused-ring (bicyclic) bond motifs is 1. The van der Waals surface area contributed by atoms with Gasteiger partial charge in [0.15, 0.2) is 5.82 Å². The third kappa shape index (κ3) is 0.630. The monoisotopic (exact) mass is 122 g/mol. The number of rotatable bonds is 0. The molecule has 0 spiro atoms. The van der Waals surface area contributed by atoms with Crippen molar-refractivity contribution in [3.05, 3.63) is 12.0 Å². The van der Waals surface area contributed by atoms with Gasteiger partial charge in [0.2, 0.25) is 0 Å². The van der Waals surface area contributed by atoms with Crippen LogP contribution in [-0.2, 0) is 6.42 Å². The van der Waals surface area contributed by atoms with Gasteiger partial charge in [-0.25, -0.2) is 4.98 Å². The van der Waals surface area contributed by atoms with E-state index < -0.39 is 0 Å². The smallest absolute Gasteiger partial charge is 0.151 e. The van der Waals surface area contributed by atoms with Crippen molar-refractivity contribution in [1.82, 2.24) is 15.2 Å². The van der Waals surface area contributed by atoms with Gasteiger partial charge in [-0.05, 0) is 0 Å². The van der Waals surface area contributed by atoms with Crippen molar-refractivity contribution in [2.45, 2.75) is 6.42 Å². The van der Waals surface area contributed by atoms with E-state index in [2.05, 4.69) is 20.5 Å². The van der Waals surface area contributed by atoms with Gasteiger partial charge >= 0.3 is 0 Å². The predicted molar refractivity (Wildman–Crippen MR) is 32.0 cm³/mol. The van der Waals surface area contributed by atoms with Crippen LogP contribution in [0.4, 0.5) is 5.82 Å². The number of anilines is 1. The molecule has 4 heteroatoms. The van der Waals surface area contributed by atoms with E-state index in [4.69, 9.17) is 0 Å². The molecule has 1 aliphatic rings. The van der Waals surface area contributed by atoms with E-state index in [0.717, 1.165) is 24.5 Å². The minimum atomic E-state index is 0.894. The average Bonchev–Trinajstić information content (AvgIpc) is 2.33. The molecule has 0 amide bonds. The van der Waals surface area contributed by atoms with Gasteiger partial charge < -0.3 is 5.32 Å². The van der Waals surface area contributed by atoms with E-state index in [9.17, 15) is 0 Å². The highest BCUT2D eigenvalue weighted by Gasteiger charge is 2.10. The van der Waals surface area contributed by atoms with Crippen molar-refractivity contribution in [3.63, 3.8) is 0 Å². The summed E-state index contributed by atoms with van der Waals surface area (Å²) in [5.74, 6) is 0.894. The zero-order chi connectivity index (χ0) is 6.10. The van der Waals surface area contributed by atoms with Crippen LogP contribution >= 0.6 is 0 Å². The van der Waals surface area contributed by atoms with Crippen molar-refractivity contribution in [2.24, 2.45) is 0 Å². The molecule has 0 bridgehead atoms. The molecule has 46 valence electrons. The third-order valence-electron chi connectivity index (χ3n) is 1.34. The maximum atomic E-state index is 3.97. The number of nitrogens with zero attached hydrogens (tertiary/aromatic N) is 3. The summed E-state index contributed by atoms with van der Waals surface area (Å²) in [4.78, 5) is 3.97. The summed E-state index contributed by atoms with van der Waals surface area (Å²) < 4.78 is 0. The summed E-state index contributed by atoms with van der Waals surface area (Å²) in [6.07, 6.45) is 2.41. The van der Waals surface area contributed by atoms with Crippen molar-refractivity contribution in [1.29, 1.82) is 0 Å². The van der Waals surface area contributed by atoms with E-state index in [1.165, 1.54) is 6.33 Å². The fourth-order valence-electron chi connectivity index (χ4n) is 0.916. The Hall–Kier alpha value is -1.19. The summed E-state index contributed by atoms with van der Waals surface area (Å²) in [5.41, 5.74) is 0.984. The predicted octanol–water partition coefficient (Wildman–Crippen LogP) is -0.160. The van der Waals surface area contributed by atoms with Gasteiger partial charge in [0.1, 0.15) is 12.0 Å². The summed E-state index contributed by atoms with van der Waals surface area (Å²) in [6, 6.07) is 0. The molecule has 0 aromatic carbocycles. The first kappa shape index (κ1) is 4.67. The Morgan fingerprint density at radius 2 is 2.56 bits per heavy atom. The highest BCUT2D eigenvalue weighted by Crippen LogP contribution is 2.12. The Kier molecular flexibility index (Phi) is 0.855. The fourth-order valence-corrected chi connectivity index (χ4v) is 0.916. The van der Waals surface area contributed by atoms with Crippen LogP contribution in [0.25, 0.3) is 0 Å². The molecule has 2 rings (SSSR count). The van der Waals surface area contributed by atoms with Gasteiger partial charge in [0.05, 0.1) is 0 Å².